The molecule has 10 heavy (non-hydrogen) atoms. The molecule has 1 fully saturated rings. The number of phosphoric acid groups is 1. The average molecular weight is 188 g/mol. The Morgan fingerprint density at radius 3 is 2.90 bits per heavy atom. The van der Waals surface area contributed by atoms with Crippen LogP contribution in [0.3, 0.4) is 0 Å². The van der Waals surface area contributed by atoms with Gasteiger partial charge < -0.3 is 0 Å². The maximum absolute atomic E-state index is 12.0. The van der Waals surface area contributed by atoms with Gasteiger partial charge in [-0.25, -0.2) is 18.0 Å². The van der Waals surface area contributed by atoms with Crippen molar-refractivity contribution in [1.29, 1.82) is 0 Å². The molecule has 58 valence electrons. The summed E-state index contributed by atoms with van der Waals surface area (Å²) in [7, 11) is -4.68. The predicted molar refractivity (Wildman–Crippen MR) is 28.2 cm³/mol. The minimum absolute atomic E-state index is 0.452. The second kappa shape index (κ2) is 3.03. The summed E-state index contributed by atoms with van der Waals surface area (Å²) in [5, 5.41) is 0. The first kappa shape index (κ1) is 8.24. The van der Waals surface area contributed by atoms with Gasteiger partial charge in [-0.2, -0.15) is 4.31 Å². The van der Waals surface area contributed by atoms with Crippen molar-refractivity contribution in [2.75, 3.05) is 6.61 Å². The molecule has 0 amide bonds. The Balaban J connectivity index is 2.54. The van der Waals surface area contributed by atoms with Gasteiger partial charge in [0.2, 0.25) is 6.36 Å². The molecule has 2 atom stereocenters. The van der Waals surface area contributed by atoms with E-state index in [1.165, 1.54) is 0 Å². The summed E-state index contributed by atoms with van der Waals surface area (Å²) in [6, 6.07) is 0. The van der Waals surface area contributed by atoms with Crippen molar-refractivity contribution >= 4 is 16.5 Å². The van der Waals surface area contributed by atoms with Crippen LogP contribution >= 0.6 is 16.5 Å². The molecule has 8 heteroatoms. The number of halogens is 1. The molecule has 0 saturated carbocycles. The molecule has 1 aliphatic rings. The molecule has 0 bridgehead atoms. The van der Waals surface area contributed by atoms with Crippen LogP contribution in [0.25, 0.3) is 0 Å². The van der Waals surface area contributed by atoms with Crippen molar-refractivity contribution in [1.82, 2.24) is 0 Å². The van der Waals surface area contributed by atoms with Crippen molar-refractivity contribution in [2.45, 2.75) is 6.36 Å². The molecule has 1 rings (SSSR count). The molecule has 2 unspecified atom stereocenters. The molecule has 0 aromatic carbocycles. The summed E-state index contributed by atoms with van der Waals surface area (Å²) in [6.45, 7) is -0.452. The van der Waals surface area contributed by atoms with Crippen LogP contribution in [-0.2, 0) is 22.5 Å². The van der Waals surface area contributed by atoms with Gasteiger partial charge in [-0.3, -0.25) is 4.52 Å². The van der Waals surface area contributed by atoms with E-state index in [9.17, 15) is 13.5 Å². The minimum Gasteiger partial charge on any atom is -0.281 e. The Labute approximate surface area is 57.4 Å². The normalized spacial score (nSPS) is 40.7. The van der Waals surface area contributed by atoms with E-state index >= 15 is 0 Å². The number of hydrogen-bond donors (Lipinski definition) is 0. The van der Waals surface area contributed by atoms with Gasteiger partial charge in [-0.15, -0.1) is 0 Å². The van der Waals surface area contributed by atoms with Crippen LogP contribution < -0.4 is 0 Å². The molecule has 0 aliphatic carbocycles. The fourth-order valence-electron chi connectivity index (χ4n) is 0.434. The van der Waals surface area contributed by atoms with E-state index in [1.807, 2.05) is 0 Å². The second-order valence-electron chi connectivity index (χ2n) is 1.41. The third kappa shape index (κ3) is 1.81. The maximum Gasteiger partial charge on any atom is 0.488 e. The van der Waals surface area contributed by atoms with Crippen molar-refractivity contribution in [3.05, 3.63) is 0 Å². The lowest BCUT2D eigenvalue weighted by atomic mass is 10.8. The molecule has 0 radical (unpaired) electrons. The molecule has 1 saturated heterocycles. The van der Waals surface area contributed by atoms with Gasteiger partial charge in [-0.1, -0.05) is 0 Å². The summed E-state index contributed by atoms with van der Waals surface area (Å²) in [5.41, 5.74) is 0. The van der Waals surface area contributed by atoms with Crippen molar-refractivity contribution in [3.63, 3.8) is 0 Å². The van der Waals surface area contributed by atoms with E-state index in [0.717, 1.165) is 0 Å². The Hall–Kier alpha value is 0.140. The molecule has 0 N–H and O–H groups in total. The van der Waals surface area contributed by atoms with Crippen LogP contribution in [-0.4, -0.2) is 13.0 Å². The summed E-state index contributed by atoms with van der Waals surface area (Å²) in [6.07, 6.45) is -1.76. The van der Waals surface area contributed by atoms with Gasteiger partial charge in [0.1, 0.15) is 6.61 Å². The van der Waals surface area contributed by atoms with Crippen LogP contribution in [0.1, 0.15) is 0 Å². The SMILES string of the molecule is O=POP1(=O)OCC(F)O1. The highest BCUT2D eigenvalue weighted by Crippen LogP contribution is 2.57. The molecular formula is C2H3FO5P2. The van der Waals surface area contributed by atoms with Gasteiger partial charge in [0.05, 0.1) is 0 Å². The molecular weight excluding hydrogens is 185 g/mol. The van der Waals surface area contributed by atoms with E-state index in [4.69, 9.17) is 0 Å². The summed E-state index contributed by atoms with van der Waals surface area (Å²) >= 11 is 0. The first-order valence-electron chi connectivity index (χ1n) is 2.25. The van der Waals surface area contributed by atoms with Crippen LogP contribution in [0, 0.1) is 0 Å². The molecule has 1 aliphatic heterocycles. The van der Waals surface area contributed by atoms with Gasteiger partial charge in [0.15, 0.2) is 0 Å². The smallest absolute Gasteiger partial charge is 0.281 e. The monoisotopic (exact) mass is 188 g/mol. The second-order valence-corrected chi connectivity index (χ2v) is 3.58. The third-order valence-electron chi connectivity index (χ3n) is 0.740. The highest BCUT2D eigenvalue weighted by Gasteiger charge is 2.39. The zero-order valence-electron chi connectivity index (χ0n) is 4.60. The van der Waals surface area contributed by atoms with Gasteiger partial charge >= 0.3 is 16.5 Å². The van der Waals surface area contributed by atoms with Crippen LogP contribution in [0.2, 0.25) is 0 Å². The molecule has 0 aromatic rings. The summed E-state index contributed by atoms with van der Waals surface area (Å²) in [4.78, 5) is 0. The predicted octanol–water partition coefficient (Wildman–Crippen LogP) is 1.66. The van der Waals surface area contributed by atoms with Crippen molar-refractivity contribution in [3.8, 4) is 0 Å². The Kier molecular flexibility index (Phi) is 2.50. The zero-order valence-corrected chi connectivity index (χ0v) is 6.39. The van der Waals surface area contributed by atoms with Gasteiger partial charge in [-0.05, 0) is 0 Å². The van der Waals surface area contributed by atoms with Gasteiger partial charge in [0, 0.05) is 0 Å². The van der Waals surface area contributed by atoms with Crippen LogP contribution in [0.15, 0.2) is 0 Å². The van der Waals surface area contributed by atoms with Crippen LogP contribution in [0.5, 0.6) is 0 Å². The minimum atomic E-state index is -3.83. The summed E-state index contributed by atoms with van der Waals surface area (Å²) < 4.78 is 44.6. The first-order chi connectivity index (χ1) is 4.66. The van der Waals surface area contributed by atoms with E-state index in [2.05, 4.69) is 13.4 Å². The number of rotatable bonds is 2. The third-order valence-corrected chi connectivity index (χ3v) is 2.76. The Bertz CT molecular complexity index is 182. The van der Waals surface area contributed by atoms with Crippen molar-refractivity contribution < 1.29 is 26.9 Å². The largest absolute Gasteiger partial charge is 0.488 e. The topological polar surface area (TPSA) is 61.8 Å². The van der Waals surface area contributed by atoms with E-state index in [0.29, 0.717) is 0 Å². The van der Waals surface area contributed by atoms with Crippen molar-refractivity contribution in [2.24, 2.45) is 0 Å². The van der Waals surface area contributed by atoms with Gasteiger partial charge in [0.25, 0.3) is 0 Å². The first-order valence-corrected chi connectivity index (χ1v) is 4.44. The van der Waals surface area contributed by atoms with E-state index < -0.39 is 29.5 Å². The van der Waals surface area contributed by atoms with E-state index in [-0.39, 0.29) is 0 Å². The standard InChI is InChI=1S/C2H3FO5P2/c3-2-1-6-10(5,7-2)8-9-4/h2H,1H2. The van der Waals surface area contributed by atoms with E-state index in [1.54, 1.807) is 0 Å². The highest BCUT2D eigenvalue weighted by atomic mass is 31.2. The molecule has 0 spiro atoms. The molecule has 1 heterocycles. The Morgan fingerprint density at radius 1 is 1.80 bits per heavy atom. The number of hydrogen-bond acceptors (Lipinski definition) is 5. The average Bonchev–Trinajstić information content (AvgIpc) is 2.12. The maximum atomic E-state index is 12.0. The van der Waals surface area contributed by atoms with Crippen LogP contribution in [0.4, 0.5) is 4.39 Å². The fourth-order valence-corrected chi connectivity index (χ4v) is 1.81. The lowest BCUT2D eigenvalue weighted by Crippen LogP contribution is -1.97. The molecule has 5 nitrogen and oxygen atoms in total. The summed E-state index contributed by atoms with van der Waals surface area (Å²) in [5.74, 6) is 0. The Morgan fingerprint density at radius 2 is 2.50 bits per heavy atom. The number of alkyl halides is 1. The lowest BCUT2D eigenvalue weighted by Gasteiger charge is -2.00. The molecule has 0 aromatic heterocycles. The highest BCUT2D eigenvalue weighted by molar-refractivity contribution is 7.54. The quantitative estimate of drug-likeness (QED) is 0.616. The fraction of sp³-hybridized carbons (Fsp3) is 1.00. The number of phosphoric ester groups is 1. The zero-order chi connectivity index (χ0) is 7.61. The lowest BCUT2D eigenvalue weighted by molar-refractivity contribution is 0.0853.